The Hall–Kier alpha value is -2.59. The number of carbonyl (C=O) groups excluding carboxylic acids is 2. The quantitative estimate of drug-likeness (QED) is 0.347. The van der Waals surface area contributed by atoms with Gasteiger partial charge in [-0.25, -0.2) is 8.42 Å². The average Bonchev–Trinajstić information content (AvgIpc) is 2.86. The van der Waals surface area contributed by atoms with Crippen LogP contribution in [0.4, 0.5) is 5.69 Å². The normalized spacial score (nSPS) is 12.0. The first-order valence-corrected chi connectivity index (χ1v) is 14.6. The van der Waals surface area contributed by atoms with Crippen molar-refractivity contribution >= 4 is 66.7 Å². The first-order valence-electron chi connectivity index (χ1n) is 11.2. The predicted molar refractivity (Wildman–Crippen MR) is 151 cm³/mol. The first-order chi connectivity index (χ1) is 17.5. The number of carbonyl (C=O) groups is 2. The van der Waals surface area contributed by atoms with Crippen LogP contribution >= 0.6 is 39.1 Å². The third kappa shape index (κ3) is 7.47. The van der Waals surface area contributed by atoms with Gasteiger partial charge in [-0.15, -0.1) is 0 Å². The number of halogens is 3. The summed E-state index contributed by atoms with van der Waals surface area (Å²) in [4.78, 5) is 28.3. The van der Waals surface area contributed by atoms with Crippen molar-refractivity contribution in [2.24, 2.45) is 0 Å². The molecule has 11 heteroatoms. The molecule has 0 radical (unpaired) electrons. The summed E-state index contributed by atoms with van der Waals surface area (Å²) in [6.45, 7) is -0.637. The second-order valence-electron chi connectivity index (χ2n) is 8.26. The summed E-state index contributed by atoms with van der Waals surface area (Å²) in [6.07, 6.45) is 1.22. The van der Waals surface area contributed by atoms with Gasteiger partial charge in [-0.05, 0) is 45.8 Å². The van der Waals surface area contributed by atoms with Crippen molar-refractivity contribution in [3.8, 4) is 0 Å². The third-order valence-corrected chi connectivity index (χ3v) is 8.21. The maximum absolute atomic E-state index is 13.9. The van der Waals surface area contributed by atoms with Gasteiger partial charge >= 0.3 is 0 Å². The molecule has 0 aromatic heterocycles. The molecule has 1 N–H and O–H groups in total. The zero-order valence-corrected chi connectivity index (χ0v) is 24.1. The molecule has 0 aliphatic carbocycles. The van der Waals surface area contributed by atoms with Crippen LogP contribution in [-0.2, 0) is 32.6 Å². The van der Waals surface area contributed by atoms with Gasteiger partial charge in [0.15, 0.2) is 0 Å². The Morgan fingerprint density at radius 3 is 2.11 bits per heavy atom. The fourth-order valence-corrected chi connectivity index (χ4v) is 5.82. The average molecular weight is 627 g/mol. The van der Waals surface area contributed by atoms with Crippen LogP contribution in [0, 0.1) is 0 Å². The van der Waals surface area contributed by atoms with Crippen LogP contribution < -0.4 is 9.62 Å². The summed E-state index contributed by atoms with van der Waals surface area (Å²) in [6, 6.07) is 19.9. The van der Waals surface area contributed by atoms with Crippen LogP contribution in [0.25, 0.3) is 0 Å². The maximum atomic E-state index is 13.9. The predicted octanol–water partition coefficient (Wildman–Crippen LogP) is 4.91. The minimum atomic E-state index is -3.87. The maximum Gasteiger partial charge on any atom is 0.244 e. The lowest BCUT2D eigenvalue weighted by atomic mass is 10.0. The van der Waals surface area contributed by atoms with E-state index in [9.17, 15) is 18.0 Å². The Balaban J connectivity index is 2.08. The molecule has 0 unspecified atom stereocenters. The van der Waals surface area contributed by atoms with E-state index >= 15 is 0 Å². The largest absolute Gasteiger partial charge is 0.357 e. The Labute approximate surface area is 235 Å². The van der Waals surface area contributed by atoms with Crippen LogP contribution in [0.1, 0.15) is 11.1 Å². The lowest BCUT2D eigenvalue weighted by Gasteiger charge is -2.33. The SMILES string of the molecule is CNC(=O)[C@@H](Cc1ccccc1)N(Cc1c(Cl)cccc1Cl)C(=O)CN(c1ccccc1Br)S(C)(=O)=O. The van der Waals surface area contributed by atoms with E-state index in [4.69, 9.17) is 23.2 Å². The fraction of sp³-hybridized carbons (Fsp3) is 0.231. The van der Waals surface area contributed by atoms with E-state index < -0.39 is 34.4 Å². The van der Waals surface area contributed by atoms with Crippen molar-refractivity contribution in [1.82, 2.24) is 10.2 Å². The Morgan fingerprint density at radius 2 is 1.54 bits per heavy atom. The van der Waals surface area contributed by atoms with E-state index in [1.54, 1.807) is 42.5 Å². The summed E-state index contributed by atoms with van der Waals surface area (Å²) in [5.74, 6) is -1.01. The molecule has 0 saturated carbocycles. The van der Waals surface area contributed by atoms with E-state index in [-0.39, 0.29) is 13.0 Å². The molecule has 2 amide bonds. The molecular formula is C26H26BrCl2N3O4S. The van der Waals surface area contributed by atoms with E-state index in [1.807, 2.05) is 30.3 Å². The minimum absolute atomic E-state index is 0.101. The number of benzene rings is 3. The van der Waals surface area contributed by atoms with E-state index in [0.29, 0.717) is 25.8 Å². The van der Waals surface area contributed by atoms with Crippen molar-refractivity contribution in [3.63, 3.8) is 0 Å². The number of hydrogen-bond acceptors (Lipinski definition) is 4. The number of hydrogen-bond donors (Lipinski definition) is 1. The van der Waals surface area contributed by atoms with Gasteiger partial charge in [0.05, 0.1) is 11.9 Å². The monoisotopic (exact) mass is 625 g/mol. The van der Waals surface area contributed by atoms with E-state index in [0.717, 1.165) is 16.1 Å². The van der Waals surface area contributed by atoms with Gasteiger partial charge in [0.1, 0.15) is 12.6 Å². The summed E-state index contributed by atoms with van der Waals surface area (Å²) in [5.41, 5.74) is 1.58. The third-order valence-electron chi connectivity index (χ3n) is 5.71. The highest BCUT2D eigenvalue weighted by Crippen LogP contribution is 2.30. The topological polar surface area (TPSA) is 86.8 Å². The highest BCUT2D eigenvalue weighted by molar-refractivity contribution is 9.10. The van der Waals surface area contributed by atoms with Gasteiger partial charge < -0.3 is 10.2 Å². The molecule has 0 heterocycles. The molecule has 196 valence electrons. The summed E-state index contributed by atoms with van der Waals surface area (Å²) >= 11 is 16.2. The molecule has 0 fully saturated rings. The van der Waals surface area contributed by atoms with Crippen molar-refractivity contribution in [2.45, 2.75) is 19.0 Å². The molecule has 0 spiro atoms. The molecule has 3 aromatic rings. The number of para-hydroxylation sites is 1. The van der Waals surface area contributed by atoms with Crippen molar-refractivity contribution < 1.29 is 18.0 Å². The molecule has 0 aliphatic rings. The van der Waals surface area contributed by atoms with Crippen LogP contribution in [-0.4, -0.2) is 51.0 Å². The van der Waals surface area contributed by atoms with Crippen molar-refractivity contribution in [2.75, 3.05) is 24.2 Å². The number of sulfonamides is 1. The first kappa shape index (κ1) is 29.0. The molecule has 0 aliphatic heterocycles. The number of likely N-dealkylation sites (N-methyl/N-ethyl adjacent to an activating group) is 1. The molecule has 7 nitrogen and oxygen atoms in total. The molecule has 0 bridgehead atoms. The highest BCUT2D eigenvalue weighted by atomic mass is 79.9. The number of nitrogens with one attached hydrogen (secondary N) is 1. The van der Waals surface area contributed by atoms with Gasteiger partial charge in [-0.3, -0.25) is 13.9 Å². The number of rotatable bonds is 10. The van der Waals surface area contributed by atoms with Crippen LogP contribution in [0.3, 0.4) is 0 Å². The van der Waals surface area contributed by atoms with Crippen LogP contribution in [0.5, 0.6) is 0 Å². The van der Waals surface area contributed by atoms with Gasteiger partial charge in [-0.1, -0.05) is 71.7 Å². The zero-order chi connectivity index (χ0) is 27.2. The molecule has 1 atom stereocenters. The van der Waals surface area contributed by atoms with Crippen LogP contribution in [0.15, 0.2) is 77.3 Å². The van der Waals surface area contributed by atoms with Crippen molar-refractivity contribution in [1.29, 1.82) is 0 Å². The number of nitrogens with zero attached hydrogens (tertiary/aromatic N) is 2. The van der Waals surface area contributed by atoms with Crippen molar-refractivity contribution in [3.05, 3.63) is 98.4 Å². The van der Waals surface area contributed by atoms with Gasteiger partial charge in [0.2, 0.25) is 21.8 Å². The number of anilines is 1. The van der Waals surface area contributed by atoms with E-state index in [1.165, 1.54) is 11.9 Å². The van der Waals surface area contributed by atoms with Crippen LogP contribution in [0.2, 0.25) is 10.0 Å². The Bertz CT molecular complexity index is 1350. The lowest BCUT2D eigenvalue weighted by Crippen LogP contribution is -2.53. The Morgan fingerprint density at radius 1 is 0.946 bits per heavy atom. The zero-order valence-electron chi connectivity index (χ0n) is 20.2. The lowest BCUT2D eigenvalue weighted by molar-refractivity contribution is -0.139. The molecular weight excluding hydrogens is 601 g/mol. The van der Waals surface area contributed by atoms with Gasteiger partial charge in [-0.2, -0.15) is 0 Å². The molecule has 3 aromatic carbocycles. The highest BCUT2D eigenvalue weighted by Gasteiger charge is 2.33. The molecule has 3 rings (SSSR count). The number of amides is 2. The summed E-state index contributed by atoms with van der Waals surface area (Å²) in [7, 11) is -2.38. The second kappa shape index (κ2) is 12.8. The summed E-state index contributed by atoms with van der Waals surface area (Å²) < 4.78 is 27.1. The van der Waals surface area contributed by atoms with Gasteiger partial charge in [0, 0.05) is 40.1 Å². The van der Waals surface area contributed by atoms with E-state index in [2.05, 4.69) is 21.2 Å². The standard InChI is InChI=1S/C26H26BrCl2N3O4S/c1-30-26(34)24(15-18-9-4-3-5-10-18)31(16-19-21(28)12-8-13-22(19)29)25(33)17-32(37(2,35)36)23-14-7-6-11-20(23)27/h3-14,24H,15-17H2,1-2H3,(H,30,34)/t24-/m1/s1. The smallest absolute Gasteiger partial charge is 0.244 e. The molecule has 0 saturated heterocycles. The fourth-order valence-electron chi connectivity index (χ4n) is 3.82. The molecule has 37 heavy (non-hydrogen) atoms. The Kier molecular flexibility index (Phi) is 10.0. The second-order valence-corrected chi connectivity index (χ2v) is 11.8. The summed E-state index contributed by atoms with van der Waals surface area (Å²) in [5, 5.41) is 3.27. The minimum Gasteiger partial charge on any atom is -0.357 e. The van der Waals surface area contributed by atoms with Gasteiger partial charge in [0.25, 0.3) is 0 Å².